The topological polar surface area (TPSA) is 85.1 Å². The van der Waals surface area contributed by atoms with Gasteiger partial charge < -0.3 is 5.73 Å². The summed E-state index contributed by atoms with van der Waals surface area (Å²) in [7, 11) is -3.59. The zero-order valence-electron chi connectivity index (χ0n) is 9.34. The van der Waals surface area contributed by atoms with Gasteiger partial charge in [0, 0.05) is 11.1 Å². The van der Waals surface area contributed by atoms with Crippen LogP contribution in [0, 0.1) is 6.92 Å². The van der Waals surface area contributed by atoms with Gasteiger partial charge in [0.05, 0.1) is 11.9 Å². The maximum Gasteiger partial charge on any atom is 0.271 e. The second-order valence-corrected chi connectivity index (χ2v) is 7.21. The fourth-order valence-corrected chi connectivity index (χ4v) is 3.62. The molecule has 0 fully saturated rings. The molecule has 0 aliphatic rings. The smallest absolute Gasteiger partial charge is 0.271 e. The molecule has 0 atom stereocenters. The number of sulfonamides is 1. The van der Waals surface area contributed by atoms with E-state index in [4.69, 9.17) is 5.73 Å². The van der Waals surface area contributed by atoms with Crippen LogP contribution in [-0.4, -0.2) is 13.4 Å². The second kappa shape index (κ2) is 4.87. The number of halogens is 1. The molecule has 0 unspecified atom stereocenters. The summed E-state index contributed by atoms with van der Waals surface area (Å²) in [5, 5.41) is 1.58. The summed E-state index contributed by atoms with van der Waals surface area (Å²) >= 11 is 4.33. The Kier molecular flexibility index (Phi) is 3.60. The van der Waals surface area contributed by atoms with Crippen molar-refractivity contribution in [2.75, 3.05) is 10.5 Å². The summed E-state index contributed by atoms with van der Waals surface area (Å²) in [5.41, 5.74) is 7.22. The van der Waals surface area contributed by atoms with Gasteiger partial charge in [-0.25, -0.2) is 13.4 Å². The Labute approximate surface area is 117 Å². The Morgan fingerprint density at radius 3 is 2.72 bits per heavy atom. The first-order chi connectivity index (χ1) is 8.38. The van der Waals surface area contributed by atoms with Crippen molar-refractivity contribution in [1.82, 2.24) is 4.98 Å². The molecule has 2 heterocycles. The average Bonchev–Trinajstić information content (AvgIpc) is 2.71. The van der Waals surface area contributed by atoms with Crippen LogP contribution in [-0.2, 0) is 10.0 Å². The van der Waals surface area contributed by atoms with E-state index >= 15 is 0 Å². The third kappa shape index (κ3) is 2.82. The fourth-order valence-electron chi connectivity index (χ4n) is 1.29. The molecule has 2 rings (SSSR count). The molecule has 0 aliphatic heterocycles. The van der Waals surface area contributed by atoms with Crippen molar-refractivity contribution in [3.63, 3.8) is 0 Å². The Bertz CT molecular complexity index is 682. The Hall–Kier alpha value is -1.12. The molecular formula is C10H10BrN3O2S2. The highest BCUT2D eigenvalue weighted by Crippen LogP contribution is 2.25. The molecule has 5 nitrogen and oxygen atoms in total. The van der Waals surface area contributed by atoms with E-state index < -0.39 is 10.0 Å². The molecule has 0 aromatic carbocycles. The minimum atomic E-state index is -3.59. The number of pyridine rings is 1. The minimum absolute atomic E-state index is 0.181. The van der Waals surface area contributed by atoms with Gasteiger partial charge in [-0.2, -0.15) is 0 Å². The van der Waals surface area contributed by atoms with Crippen molar-refractivity contribution >= 4 is 48.7 Å². The van der Waals surface area contributed by atoms with Gasteiger partial charge in [-0.1, -0.05) is 0 Å². The minimum Gasteiger partial charge on any atom is -0.398 e. The van der Waals surface area contributed by atoms with E-state index in [0.717, 1.165) is 16.9 Å². The lowest BCUT2D eigenvalue weighted by Gasteiger charge is -2.07. The molecule has 0 amide bonds. The van der Waals surface area contributed by atoms with Crippen molar-refractivity contribution in [3.8, 4) is 0 Å². The van der Waals surface area contributed by atoms with Gasteiger partial charge >= 0.3 is 0 Å². The zero-order chi connectivity index (χ0) is 13.3. The first-order valence-corrected chi connectivity index (χ1v) is 8.03. The van der Waals surface area contributed by atoms with Crippen LogP contribution >= 0.6 is 27.3 Å². The van der Waals surface area contributed by atoms with E-state index in [1.165, 1.54) is 12.3 Å². The molecule has 0 saturated carbocycles. The largest absolute Gasteiger partial charge is 0.398 e. The van der Waals surface area contributed by atoms with Gasteiger partial charge in [0.25, 0.3) is 10.0 Å². The third-order valence-corrected chi connectivity index (χ3v) is 5.80. The van der Waals surface area contributed by atoms with Crippen LogP contribution in [0.1, 0.15) is 5.56 Å². The van der Waals surface area contributed by atoms with Gasteiger partial charge in [-0.3, -0.25) is 4.72 Å². The van der Waals surface area contributed by atoms with Crippen LogP contribution in [0.2, 0.25) is 0 Å². The normalized spacial score (nSPS) is 11.4. The van der Waals surface area contributed by atoms with Crippen LogP contribution in [0.15, 0.2) is 32.5 Å². The predicted octanol–water partition coefficient (Wildman–Crippen LogP) is 2.60. The summed E-state index contributed by atoms with van der Waals surface area (Å²) < 4.78 is 27.4. The number of aryl methyl sites for hydroxylation is 1. The van der Waals surface area contributed by atoms with Gasteiger partial charge in [-0.05, 0) is 40.5 Å². The number of hydrogen-bond acceptors (Lipinski definition) is 5. The quantitative estimate of drug-likeness (QED) is 0.835. The fraction of sp³-hybridized carbons (Fsp3) is 0.100. The monoisotopic (exact) mass is 347 g/mol. The third-order valence-electron chi connectivity index (χ3n) is 2.13. The molecule has 0 aliphatic carbocycles. The van der Waals surface area contributed by atoms with Gasteiger partial charge in [0.2, 0.25) is 0 Å². The van der Waals surface area contributed by atoms with Gasteiger partial charge in [-0.15, -0.1) is 11.3 Å². The van der Waals surface area contributed by atoms with Crippen molar-refractivity contribution in [2.24, 2.45) is 0 Å². The SMILES string of the molecule is Cc1cc(NS(=O)(=O)c2cc(N)cs2)cnc1Br. The van der Waals surface area contributed by atoms with Crippen LogP contribution in [0.25, 0.3) is 0 Å². The van der Waals surface area contributed by atoms with Crippen molar-refractivity contribution in [2.45, 2.75) is 11.1 Å². The maximum atomic E-state index is 12.0. The number of anilines is 2. The van der Waals surface area contributed by atoms with Crippen LogP contribution < -0.4 is 10.5 Å². The number of thiophene rings is 1. The maximum absolute atomic E-state index is 12.0. The van der Waals surface area contributed by atoms with E-state index in [2.05, 4.69) is 25.6 Å². The second-order valence-electron chi connectivity index (χ2n) is 3.64. The Morgan fingerprint density at radius 2 is 2.17 bits per heavy atom. The summed E-state index contributed by atoms with van der Waals surface area (Å²) in [6, 6.07) is 3.12. The summed E-state index contributed by atoms with van der Waals surface area (Å²) in [6.45, 7) is 1.83. The van der Waals surface area contributed by atoms with E-state index in [0.29, 0.717) is 16.0 Å². The first-order valence-electron chi connectivity index (χ1n) is 4.87. The Morgan fingerprint density at radius 1 is 1.44 bits per heavy atom. The summed E-state index contributed by atoms with van der Waals surface area (Å²) in [4.78, 5) is 4.03. The number of nitrogens with zero attached hydrogens (tertiary/aromatic N) is 1. The highest BCUT2D eigenvalue weighted by Gasteiger charge is 2.16. The molecule has 0 spiro atoms. The zero-order valence-corrected chi connectivity index (χ0v) is 12.6. The molecule has 18 heavy (non-hydrogen) atoms. The Balaban J connectivity index is 2.30. The highest BCUT2D eigenvalue weighted by atomic mass is 79.9. The molecular weight excluding hydrogens is 338 g/mol. The summed E-state index contributed by atoms with van der Waals surface area (Å²) in [6.07, 6.45) is 1.45. The van der Waals surface area contributed by atoms with Gasteiger partial charge in [0.15, 0.2) is 0 Å². The number of rotatable bonds is 3. The molecule has 96 valence electrons. The summed E-state index contributed by atoms with van der Waals surface area (Å²) in [5.74, 6) is 0. The number of nitrogens with one attached hydrogen (secondary N) is 1. The molecule has 0 saturated heterocycles. The van der Waals surface area contributed by atoms with Crippen LogP contribution in [0.3, 0.4) is 0 Å². The molecule has 2 aromatic heterocycles. The lowest BCUT2D eigenvalue weighted by atomic mass is 10.3. The first kappa shape index (κ1) is 13.3. The van der Waals surface area contributed by atoms with Gasteiger partial charge in [0.1, 0.15) is 8.81 Å². The van der Waals surface area contributed by atoms with Crippen molar-refractivity contribution in [3.05, 3.63) is 33.9 Å². The number of nitrogens with two attached hydrogens (primary N) is 1. The molecule has 2 aromatic rings. The number of hydrogen-bond donors (Lipinski definition) is 2. The molecule has 0 radical (unpaired) electrons. The number of aromatic nitrogens is 1. The molecule has 0 bridgehead atoms. The molecule has 3 N–H and O–H groups in total. The van der Waals surface area contributed by atoms with Crippen molar-refractivity contribution < 1.29 is 8.42 Å². The lowest BCUT2D eigenvalue weighted by Crippen LogP contribution is -2.11. The van der Waals surface area contributed by atoms with E-state index in [1.807, 2.05) is 6.92 Å². The molecule has 8 heteroatoms. The van der Waals surface area contributed by atoms with E-state index in [9.17, 15) is 8.42 Å². The van der Waals surface area contributed by atoms with E-state index in [-0.39, 0.29) is 4.21 Å². The number of nitrogen functional groups attached to an aromatic ring is 1. The van der Waals surface area contributed by atoms with Crippen LogP contribution in [0.4, 0.5) is 11.4 Å². The lowest BCUT2D eigenvalue weighted by molar-refractivity contribution is 0.603. The van der Waals surface area contributed by atoms with Crippen LogP contribution in [0.5, 0.6) is 0 Å². The predicted molar refractivity (Wildman–Crippen MR) is 76.2 cm³/mol. The standard InChI is InChI=1S/C10H10BrN3O2S2/c1-6-2-8(4-13-10(6)11)14-18(15,16)9-3-7(12)5-17-9/h2-5,14H,12H2,1H3. The van der Waals surface area contributed by atoms with Crippen molar-refractivity contribution in [1.29, 1.82) is 0 Å². The average molecular weight is 348 g/mol. The van der Waals surface area contributed by atoms with E-state index in [1.54, 1.807) is 11.4 Å². The highest BCUT2D eigenvalue weighted by molar-refractivity contribution is 9.10.